The number of carbonyl (C=O) groups excluding carboxylic acids is 1. The minimum absolute atomic E-state index is 0.0604. The number of hydrogen-bond donors (Lipinski definition) is 0. The summed E-state index contributed by atoms with van der Waals surface area (Å²) in [5.74, 6) is 0.394. The number of carbonyl (C=O) groups is 1. The van der Waals surface area contributed by atoms with Crippen molar-refractivity contribution in [1.82, 2.24) is 15.1 Å². The Hall–Kier alpha value is -1.16. The molecule has 0 bridgehead atoms. The molecule has 0 radical (unpaired) electrons. The first-order valence-electron chi connectivity index (χ1n) is 6.79. The third kappa shape index (κ3) is 3.06. The molecule has 0 aliphatic carbocycles. The van der Waals surface area contributed by atoms with E-state index in [2.05, 4.69) is 17.1 Å². The fourth-order valence-electron chi connectivity index (χ4n) is 2.43. The summed E-state index contributed by atoms with van der Waals surface area (Å²) in [5.41, 5.74) is 2.24. The van der Waals surface area contributed by atoms with E-state index in [-0.39, 0.29) is 11.3 Å². The van der Waals surface area contributed by atoms with Crippen LogP contribution in [0.2, 0.25) is 0 Å². The Balaban J connectivity index is 2.22. The molecule has 0 N–H and O–H groups in total. The van der Waals surface area contributed by atoms with Gasteiger partial charge in [0.2, 0.25) is 0 Å². The molecule has 0 spiro atoms. The number of likely N-dealkylation sites (tertiary alicyclic amines) is 1. The average molecular weight is 282 g/mol. The van der Waals surface area contributed by atoms with Crippen molar-refractivity contribution in [3.8, 4) is 0 Å². The lowest BCUT2D eigenvalue weighted by atomic mass is 9.98. The Morgan fingerprint density at radius 2 is 2.26 bits per heavy atom. The average Bonchev–Trinajstić information content (AvgIpc) is 2.41. The van der Waals surface area contributed by atoms with E-state index in [0.29, 0.717) is 11.5 Å². The first kappa shape index (κ1) is 14.3. The van der Waals surface area contributed by atoms with Crippen molar-refractivity contribution in [1.29, 1.82) is 0 Å². The predicted octanol–water partition coefficient (Wildman–Crippen LogP) is 2.44. The highest BCUT2D eigenvalue weighted by Crippen LogP contribution is 2.23. The number of aryl methyl sites for hydroxylation is 2. The molecule has 1 aromatic rings. The first-order valence-corrected chi connectivity index (χ1v) is 7.23. The van der Waals surface area contributed by atoms with Gasteiger partial charge in [-0.2, -0.15) is 10.2 Å². The summed E-state index contributed by atoms with van der Waals surface area (Å²) in [4.78, 5) is 14.5. The maximum absolute atomic E-state index is 12.6. The summed E-state index contributed by atoms with van der Waals surface area (Å²) in [6.45, 7) is 7.38. The summed E-state index contributed by atoms with van der Waals surface area (Å²) >= 11 is 6.21. The van der Waals surface area contributed by atoms with Crippen LogP contribution in [0.15, 0.2) is 6.07 Å². The molecule has 1 aromatic heterocycles. The van der Waals surface area contributed by atoms with Gasteiger partial charge in [0.05, 0.1) is 17.0 Å². The van der Waals surface area contributed by atoms with Gasteiger partial charge in [0.25, 0.3) is 5.91 Å². The fraction of sp³-hybridized carbons (Fsp3) is 0.643. The highest BCUT2D eigenvalue weighted by atomic mass is 35.5. The van der Waals surface area contributed by atoms with Gasteiger partial charge >= 0.3 is 0 Å². The third-order valence-corrected chi connectivity index (χ3v) is 4.29. The zero-order valence-corrected chi connectivity index (χ0v) is 12.4. The van der Waals surface area contributed by atoms with Crippen molar-refractivity contribution >= 4 is 17.5 Å². The van der Waals surface area contributed by atoms with Crippen LogP contribution in [0.4, 0.5) is 0 Å². The van der Waals surface area contributed by atoms with Crippen molar-refractivity contribution < 1.29 is 4.79 Å². The molecular formula is C14H20ClN3O. The lowest BCUT2D eigenvalue weighted by Gasteiger charge is -2.34. The molecule has 1 aliphatic heterocycles. The third-order valence-electron chi connectivity index (χ3n) is 3.65. The molecule has 1 aliphatic rings. The van der Waals surface area contributed by atoms with E-state index in [1.165, 1.54) is 0 Å². The maximum Gasteiger partial charge on any atom is 0.255 e. The second kappa shape index (κ2) is 5.87. The lowest BCUT2D eigenvalue weighted by Crippen LogP contribution is -2.43. The molecule has 1 fully saturated rings. The summed E-state index contributed by atoms with van der Waals surface area (Å²) in [7, 11) is 0. The van der Waals surface area contributed by atoms with E-state index in [4.69, 9.17) is 11.6 Å². The molecule has 19 heavy (non-hydrogen) atoms. The van der Waals surface area contributed by atoms with Crippen LogP contribution in [-0.4, -0.2) is 39.5 Å². The number of amides is 1. The highest BCUT2D eigenvalue weighted by molar-refractivity contribution is 6.20. The number of piperidine rings is 1. The summed E-state index contributed by atoms with van der Waals surface area (Å²) in [5, 5.41) is 8.32. The van der Waals surface area contributed by atoms with E-state index in [0.717, 1.165) is 37.3 Å². The molecule has 0 saturated carbocycles. The van der Waals surface area contributed by atoms with Crippen LogP contribution in [0, 0.1) is 12.8 Å². The quantitative estimate of drug-likeness (QED) is 0.782. The Labute approximate surface area is 119 Å². The van der Waals surface area contributed by atoms with Gasteiger partial charge in [-0.25, -0.2) is 0 Å². The van der Waals surface area contributed by atoms with Crippen LogP contribution >= 0.6 is 11.6 Å². The second-order valence-corrected chi connectivity index (χ2v) is 5.79. The van der Waals surface area contributed by atoms with Crippen LogP contribution in [0.1, 0.15) is 42.0 Å². The van der Waals surface area contributed by atoms with Crippen LogP contribution in [0.3, 0.4) is 0 Å². The van der Waals surface area contributed by atoms with Crippen LogP contribution in [0.5, 0.6) is 0 Å². The second-order valence-electron chi connectivity index (χ2n) is 5.23. The molecule has 2 heterocycles. The Bertz CT molecular complexity index is 478. The van der Waals surface area contributed by atoms with Crippen molar-refractivity contribution in [3.05, 3.63) is 23.0 Å². The maximum atomic E-state index is 12.6. The van der Waals surface area contributed by atoms with Gasteiger partial charge < -0.3 is 4.90 Å². The standard InChI is InChI=1S/C14H20ClN3O/c1-4-13-11(7-10(3)16-17-13)14(19)18-6-5-12(15)9(2)8-18/h7,9,12H,4-6,8H2,1-3H3. The van der Waals surface area contributed by atoms with Crippen molar-refractivity contribution in [2.24, 2.45) is 5.92 Å². The number of alkyl halides is 1. The zero-order valence-electron chi connectivity index (χ0n) is 11.7. The van der Waals surface area contributed by atoms with Crippen LogP contribution in [0.25, 0.3) is 0 Å². The Kier molecular flexibility index (Phi) is 4.40. The van der Waals surface area contributed by atoms with Crippen molar-refractivity contribution in [2.45, 2.75) is 39.0 Å². The van der Waals surface area contributed by atoms with Gasteiger partial charge in [-0.05, 0) is 31.7 Å². The van der Waals surface area contributed by atoms with Gasteiger partial charge in [0.1, 0.15) is 0 Å². The molecule has 104 valence electrons. The number of nitrogens with zero attached hydrogens (tertiary/aromatic N) is 3. The van der Waals surface area contributed by atoms with Gasteiger partial charge in [0.15, 0.2) is 0 Å². The smallest absolute Gasteiger partial charge is 0.255 e. The highest BCUT2D eigenvalue weighted by Gasteiger charge is 2.29. The Morgan fingerprint density at radius 3 is 2.89 bits per heavy atom. The summed E-state index contributed by atoms with van der Waals surface area (Å²) in [6, 6.07) is 1.84. The van der Waals surface area contributed by atoms with E-state index in [1.807, 2.05) is 24.8 Å². The summed E-state index contributed by atoms with van der Waals surface area (Å²) < 4.78 is 0. The van der Waals surface area contributed by atoms with Crippen molar-refractivity contribution in [3.63, 3.8) is 0 Å². The van der Waals surface area contributed by atoms with Gasteiger partial charge in [-0.1, -0.05) is 13.8 Å². The largest absolute Gasteiger partial charge is 0.338 e. The number of hydrogen-bond acceptors (Lipinski definition) is 3. The molecule has 4 nitrogen and oxygen atoms in total. The van der Waals surface area contributed by atoms with E-state index < -0.39 is 0 Å². The zero-order chi connectivity index (χ0) is 14.0. The molecule has 2 atom stereocenters. The number of rotatable bonds is 2. The molecule has 1 saturated heterocycles. The summed E-state index contributed by atoms with van der Waals surface area (Å²) in [6.07, 6.45) is 1.57. The fourth-order valence-corrected chi connectivity index (χ4v) is 2.61. The molecule has 2 rings (SSSR count). The predicted molar refractivity (Wildman–Crippen MR) is 75.5 cm³/mol. The molecule has 2 unspecified atom stereocenters. The number of aromatic nitrogens is 2. The normalized spacial score (nSPS) is 23.5. The number of halogens is 1. The lowest BCUT2D eigenvalue weighted by molar-refractivity contribution is 0.0685. The first-order chi connectivity index (χ1) is 9.02. The van der Waals surface area contributed by atoms with E-state index in [9.17, 15) is 4.79 Å². The monoisotopic (exact) mass is 281 g/mol. The minimum atomic E-state index is 0.0604. The SMILES string of the molecule is CCc1nnc(C)cc1C(=O)N1CCC(Cl)C(C)C1. The van der Waals surface area contributed by atoms with E-state index >= 15 is 0 Å². The van der Waals surface area contributed by atoms with E-state index in [1.54, 1.807) is 0 Å². The molecule has 5 heteroatoms. The molecule has 0 aromatic carbocycles. The van der Waals surface area contributed by atoms with Gasteiger partial charge in [0, 0.05) is 18.5 Å². The van der Waals surface area contributed by atoms with Gasteiger partial charge in [-0.15, -0.1) is 11.6 Å². The van der Waals surface area contributed by atoms with Crippen LogP contribution < -0.4 is 0 Å². The topological polar surface area (TPSA) is 46.1 Å². The van der Waals surface area contributed by atoms with Gasteiger partial charge in [-0.3, -0.25) is 4.79 Å². The minimum Gasteiger partial charge on any atom is -0.338 e. The molecule has 1 amide bonds. The van der Waals surface area contributed by atoms with Crippen molar-refractivity contribution in [2.75, 3.05) is 13.1 Å². The van der Waals surface area contributed by atoms with Crippen LogP contribution in [-0.2, 0) is 6.42 Å². The Morgan fingerprint density at radius 1 is 1.53 bits per heavy atom. The molecular weight excluding hydrogens is 262 g/mol.